The van der Waals surface area contributed by atoms with Gasteiger partial charge in [0.05, 0.1) is 12.8 Å². The SMILES string of the molecule is CC(C)c1cccc(C(C)C)c1O.CC/C(=C(\c1ccccc1)c1ccc(OCCN(C)C)cc1)c1ccccc1.O=C(O)CC(O)(CC(=O)O)C(=O)O. The van der Waals surface area contributed by atoms with E-state index in [4.69, 9.17) is 25.2 Å². The Morgan fingerprint density at radius 2 is 1.11 bits per heavy atom. The number of allylic oxidation sites excluding steroid dienone is 1. The molecular formula is C44H55NO9. The zero-order valence-electron chi connectivity index (χ0n) is 32.3. The molecule has 5 N–H and O–H groups in total. The number of para-hydroxylation sites is 1. The Labute approximate surface area is 319 Å². The first-order chi connectivity index (χ1) is 25.5. The third kappa shape index (κ3) is 14.2. The van der Waals surface area contributed by atoms with Gasteiger partial charge in [-0.2, -0.15) is 0 Å². The van der Waals surface area contributed by atoms with Gasteiger partial charge in [0.2, 0.25) is 0 Å². The molecule has 0 saturated heterocycles. The van der Waals surface area contributed by atoms with E-state index < -0.39 is 36.4 Å². The van der Waals surface area contributed by atoms with Crippen molar-refractivity contribution in [3.8, 4) is 11.5 Å². The summed E-state index contributed by atoms with van der Waals surface area (Å²) in [7, 11) is 4.11. The minimum absolute atomic E-state index is 0.388. The normalized spacial score (nSPS) is 11.5. The van der Waals surface area contributed by atoms with Crippen molar-refractivity contribution in [2.45, 2.75) is 71.3 Å². The van der Waals surface area contributed by atoms with E-state index in [9.17, 15) is 19.5 Å². The lowest BCUT2D eigenvalue weighted by molar-refractivity contribution is -0.170. The molecule has 0 spiro atoms. The molecule has 4 rings (SSSR count). The molecule has 0 aromatic heterocycles. The number of aromatic hydroxyl groups is 1. The molecule has 0 aliphatic carbocycles. The van der Waals surface area contributed by atoms with E-state index in [0.29, 0.717) is 24.2 Å². The Morgan fingerprint density at radius 3 is 1.50 bits per heavy atom. The van der Waals surface area contributed by atoms with Crippen LogP contribution in [0.4, 0.5) is 0 Å². The summed E-state index contributed by atoms with van der Waals surface area (Å²) >= 11 is 0. The van der Waals surface area contributed by atoms with Crippen LogP contribution >= 0.6 is 0 Å². The van der Waals surface area contributed by atoms with E-state index in [-0.39, 0.29) is 0 Å². The molecule has 0 atom stereocenters. The molecular weight excluding hydrogens is 686 g/mol. The maximum absolute atomic E-state index is 10.3. The first-order valence-corrected chi connectivity index (χ1v) is 17.9. The number of aliphatic hydroxyl groups is 1. The summed E-state index contributed by atoms with van der Waals surface area (Å²) in [4.78, 5) is 32.6. The predicted molar refractivity (Wildman–Crippen MR) is 213 cm³/mol. The molecule has 0 aliphatic rings. The molecule has 0 unspecified atom stereocenters. The fourth-order valence-corrected chi connectivity index (χ4v) is 5.57. The van der Waals surface area contributed by atoms with Crippen molar-refractivity contribution in [3.63, 3.8) is 0 Å². The minimum atomic E-state index is -2.74. The molecule has 0 bridgehead atoms. The van der Waals surface area contributed by atoms with Crippen molar-refractivity contribution >= 4 is 29.1 Å². The molecule has 290 valence electrons. The number of ether oxygens (including phenoxy) is 1. The molecule has 4 aromatic carbocycles. The molecule has 0 fully saturated rings. The average Bonchev–Trinajstić information content (AvgIpc) is 3.11. The second-order valence-electron chi connectivity index (χ2n) is 13.7. The van der Waals surface area contributed by atoms with E-state index in [0.717, 1.165) is 29.8 Å². The van der Waals surface area contributed by atoms with Crippen LogP contribution in [-0.2, 0) is 14.4 Å². The van der Waals surface area contributed by atoms with Gasteiger partial charge in [-0.25, -0.2) is 4.79 Å². The van der Waals surface area contributed by atoms with E-state index in [1.807, 2.05) is 18.2 Å². The number of benzene rings is 4. The molecule has 10 nitrogen and oxygen atoms in total. The Balaban J connectivity index is 0.000000323. The summed E-state index contributed by atoms with van der Waals surface area (Å²) in [5.41, 5.74) is 5.73. The zero-order chi connectivity index (χ0) is 40.4. The van der Waals surface area contributed by atoms with Gasteiger partial charge in [0.1, 0.15) is 18.1 Å². The summed E-state index contributed by atoms with van der Waals surface area (Å²) in [5, 5.41) is 43.7. The summed E-state index contributed by atoms with van der Waals surface area (Å²) in [5.74, 6) is -2.85. The molecule has 0 radical (unpaired) electrons. The highest BCUT2D eigenvalue weighted by Crippen LogP contribution is 2.35. The van der Waals surface area contributed by atoms with Crippen molar-refractivity contribution in [1.82, 2.24) is 4.90 Å². The number of hydrogen-bond acceptors (Lipinski definition) is 7. The van der Waals surface area contributed by atoms with Gasteiger partial charge in [-0.05, 0) is 83.4 Å². The molecule has 54 heavy (non-hydrogen) atoms. The number of rotatable bonds is 15. The third-order valence-electron chi connectivity index (χ3n) is 8.42. The first kappa shape index (κ1) is 44.7. The van der Waals surface area contributed by atoms with E-state index in [2.05, 4.69) is 139 Å². The first-order valence-electron chi connectivity index (χ1n) is 17.9. The average molecular weight is 742 g/mol. The van der Waals surface area contributed by atoms with Crippen molar-refractivity contribution in [2.75, 3.05) is 27.2 Å². The number of hydrogen-bond donors (Lipinski definition) is 5. The largest absolute Gasteiger partial charge is 0.507 e. The predicted octanol–water partition coefficient (Wildman–Crippen LogP) is 8.39. The van der Waals surface area contributed by atoms with Crippen LogP contribution in [0.25, 0.3) is 11.1 Å². The fourth-order valence-electron chi connectivity index (χ4n) is 5.57. The van der Waals surface area contributed by atoms with Crippen LogP contribution in [0.5, 0.6) is 11.5 Å². The highest BCUT2D eigenvalue weighted by Gasteiger charge is 2.40. The van der Waals surface area contributed by atoms with Crippen LogP contribution in [0.1, 0.15) is 93.5 Å². The number of carbonyl (C=O) groups is 3. The number of nitrogens with zero attached hydrogens (tertiary/aromatic N) is 1. The summed E-state index contributed by atoms with van der Waals surface area (Å²) in [6.07, 6.45) is -1.32. The summed E-state index contributed by atoms with van der Waals surface area (Å²) < 4.78 is 5.87. The lowest BCUT2D eigenvalue weighted by Crippen LogP contribution is -2.42. The zero-order valence-corrected chi connectivity index (χ0v) is 32.3. The van der Waals surface area contributed by atoms with Gasteiger partial charge in [-0.3, -0.25) is 9.59 Å². The summed E-state index contributed by atoms with van der Waals surface area (Å²) in [6.45, 7) is 12.2. The second kappa shape index (κ2) is 21.9. The molecule has 10 heteroatoms. The fraction of sp³-hybridized carbons (Fsp3) is 0.341. The van der Waals surface area contributed by atoms with Gasteiger partial charge < -0.3 is 35.2 Å². The molecule has 0 heterocycles. The smallest absolute Gasteiger partial charge is 0.336 e. The van der Waals surface area contributed by atoms with Gasteiger partial charge in [-0.15, -0.1) is 0 Å². The van der Waals surface area contributed by atoms with E-state index >= 15 is 0 Å². The lowest BCUT2D eigenvalue weighted by atomic mass is 9.88. The molecule has 0 amide bonds. The van der Waals surface area contributed by atoms with E-state index in [1.54, 1.807) is 0 Å². The van der Waals surface area contributed by atoms with Crippen molar-refractivity contribution in [2.24, 2.45) is 0 Å². The van der Waals surface area contributed by atoms with Crippen LogP contribution in [0.2, 0.25) is 0 Å². The maximum Gasteiger partial charge on any atom is 0.336 e. The van der Waals surface area contributed by atoms with Crippen LogP contribution in [0.3, 0.4) is 0 Å². The maximum atomic E-state index is 10.3. The number of phenols is 1. The Bertz CT molecular complexity index is 1760. The molecule has 0 aliphatic heterocycles. The number of phenolic OH excluding ortho intramolecular Hbond substituents is 1. The lowest BCUT2D eigenvalue weighted by Gasteiger charge is -2.18. The standard InChI is InChI=1S/C26H29NO.C12H18O.C6H8O7/c1-4-25(21-11-7-5-8-12-21)26(22-13-9-6-10-14-22)23-15-17-24(18-16-23)28-20-19-27(2)3;1-8(2)10-6-5-7-11(9(3)4)12(10)13;7-3(8)1-6(13,5(11)12)2-4(9)10/h5-18H,4,19-20H2,1-3H3;5-9,13H,1-4H3;13H,1-2H2,(H,7,8)(H,9,10)(H,11,12)/b26-25-;;. The number of carboxylic acids is 3. The monoisotopic (exact) mass is 741 g/mol. The van der Waals surface area contributed by atoms with Crippen molar-refractivity contribution in [3.05, 3.63) is 131 Å². The topological polar surface area (TPSA) is 165 Å². The Morgan fingerprint density at radius 1 is 0.667 bits per heavy atom. The van der Waals surface area contributed by atoms with Gasteiger partial charge in [0, 0.05) is 6.54 Å². The molecule has 4 aromatic rings. The number of carboxylic acid groups (broad SMARTS) is 3. The highest BCUT2D eigenvalue weighted by atomic mass is 16.5. The van der Waals surface area contributed by atoms with E-state index in [1.165, 1.54) is 27.8 Å². The van der Waals surface area contributed by atoms with Gasteiger partial charge in [0.25, 0.3) is 0 Å². The van der Waals surface area contributed by atoms with Gasteiger partial charge in [-0.1, -0.05) is 126 Å². The van der Waals surface area contributed by atoms with Crippen LogP contribution in [-0.4, -0.2) is 81.2 Å². The van der Waals surface area contributed by atoms with Crippen LogP contribution in [0.15, 0.2) is 103 Å². The van der Waals surface area contributed by atoms with Crippen molar-refractivity contribution in [1.29, 1.82) is 0 Å². The second-order valence-corrected chi connectivity index (χ2v) is 13.7. The van der Waals surface area contributed by atoms with Gasteiger partial charge in [0.15, 0.2) is 5.60 Å². The highest BCUT2D eigenvalue weighted by molar-refractivity contribution is 5.98. The van der Waals surface area contributed by atoms with Gasteiger partial charge >= 0.3 is 17.9 Å². The Hall–Kier alpha value is -5.45. The summed E-state index contributed by atoms with van der Waals surface area (Å²) in [6, 6.07) is 35.8. The third-order valence-corrected chi connectivity index (χ3v) is 8.42. The number of likely N-dealkylation sites (N-methyl/N-ethyl adjacent to an activating group) is 1. The number of aliphatic carboxylic acids is 3. The minimum Gasteiger partial charge on any atom is -0.507 e. The van der Waals surface area contributed by atoms with Crippen LogP contribution < -0.4 is 4.74 Å². The van der Waals surface area contributed by atoms with Crippen LogP contribution in [0, 0.1) is 0 Å². The van der Waals surface area contributed by atoms with Crippen molar-refractivity contribution < 1.29 is 44.7 Å². The quantitative estimate of drug-likeness (QED) is 0.0748. The Kier molecular flexibility index (Phi) is 18.2. The molecule has 0 saturated carbocycles.